The molecule has 4 aromatic heterocycles. The van der Waals surface area contributed by atoms with E-state index in [0.29, 0.717) is 29.5 Å². The van der Waals surface area contributed by atoms with Gasteiger partial charge in [0.1, 0.15) is 11.6 Å². The zero-order chi connectivity index (χ0) is 44.0. The first kappa shape index (κ1) is 42.2. The molecule has 0 amide bonds. The van der Waals surface area contributed by atoms with E-state index < -0.39 is 0 Å². The van der Waals surface area contributed by atoms with Gasteiger partial charge in [-0.2, -0.15) is 19.2 Å². The van der Waals surface area contributed by atoms with Crippen molar-refractivity contribution in [3.63, 3.8) is 0 Å². The van der Waals surface area contributed by atoms with Crippen LogP contribution in [0.1, 0.15) is 40.3 Å². The van der Waals surface area contributed by atoms with Crippen molar-refractivity contribution in [3.8, 4) is 56.8 Å². The summed E-state index contributed by atoms with van der Waals surface area (Å²) in [7, 11) is 6.54. The van der Waals surface area contributed by atoms with Gasteiger partial charge in [0.25, 0.3) is 0 Å². The lowest BCUT2D eigenvalue weighted by molar-refractivity contribution is 0.174. The number of hydrogen-bond donors (Lipinski definition) is 2. The minimum atomic E-state index is 0.266. The van der Waals surface area contributed by atoms with E-state index in [-0.39, 0.29) is 6.79 Å². The Bertz CT molecular complexity index is 2890. The summed E-state index contributed by atoms with van der Waals surface area (Å²) in [5.41, 5.74) is 11.6. The number of aromatic nitrogens is 6. The van der Waals surface area contributed by atoms with Crippen LogP contribution in [0.4, 0.5) is 11.6 Å². The van der Waals surface area contributed by atoms with Crippen molar-refractivity contribution in [1.29, 1.82) is 0 Å². The van der Waals surface area contributed by atoms with Crippen LogP contribution in [0, 0.1) is 27.7 Å². The van der Waals surface area contributed by atoms with Gasteiger partial charge in [-0.1, -0.05) is 48.5 Å². The van der Waals surface area contributed by atoms with Gasteiger partial charge < -0.3 is 39.1 Å². The van der Waals surface area contributed by atoms with E-state index >= 15 is 0 Å². The Morgan fingerprint density at radius 3 is 1.65 bits per heavy atom. The summed E-state index contributed by atoms with van der Waals surface area (Å²) >= 11 is 0. The highest BCUT2D eigenvalue weighted by atomic mass is 16.7. The molecule has 0 unspecified atom stereocenters. The molecule has 9 rings (SSSR count). The van der Waals surface area contributed by atoms with Gasteiger partial charge >= 0.3 is 0 Å². The smallest absolute Gasteiger partial charge is 0.231 e. The van der Waals surface area contributed by atoms with Crippen molar-refractivity contribution >= 4 is 22.9 Å². The van der Waals surface area contributed by atoms with Crippen LogP contribution < -0.4 is 39.1 Å². The maximum Gasteiger partial charge on any atom is 0.231 e. The number of aryl methyl sites for hydroxylation is 5. The van der Waals surface area contributed by atoms with Crippen LogP contribution in [-0.4, -0.2) is 71.0 Å². The minimum Gasteiger partial charge on any atom is -0.493 e. The van der Waals surface area contributed by atoms with Gasteiger partial charge in [0.05, 0.1) is 39.8 Å². The lowest BCUT2D eigenvalue weighted by Gasteiger charge is -2.11. The quantitative estimate of drug-likeness (QED) is 0.101. The largest absolute Gasteiger partial charge is 0.493 e. The highest BCUT2D eigenvalue weighted by molar-refractivity contribution is 5.83. The fourth-order valence-electron chi connectivity index (χ4n) is 7.80. The molecule has 1 aliphatic rings. The first-order valence-electron chi connectivity index (χ1n) is 20.8. The number of rotatable bonds is 14. The van der Waals surface area contributed by atoms with Gasteiger partial charge in [0.15, 0.2) is 45.8 Å². The summed E-state index contributed by atoms with van der Waals surface area (Å²) in [4.78, 5) is 9.58. The number of benzene rings is 4. The lowest BCUT2D eigenvalue weighted by atomic mass is 10.1. The molecule has 0 fully saturated rings. The Morgan fingerprint density at radius 1 is 0.556 bits per heavy atom. The molecule has 0 bridgehead atoms. The SMILES string of the molecule is COc1ccc(-c2c(C)nn3c(NCCCc4ccccc4)cc(C)nc23)cc1OC.COc1ccc(-c2c(C)nn3c(NCc4ccc5c(c4)OCO5)cc(C)nc23)cc1OC. The number of ether oxygens (including phenoxy) is 6. The highest BCUT2D eigenvalue weighted by Gasteiger charge is 2.20. The monoisotopic (exact) mass is 848 g/mol. The maximum atomic E-state index is 5.49. The molecule has 0 aliphatic carbocycles. The van der Waals surface area contributed by atoms with Crippen molar-refractivity contribution in [1.82, 2.24) is 29.2 Å². The number of anilines is 2. The van der Waals surface area contributed by atoms with Gasteiger partial charge in [0, 0.05) is 47.7 Å². The Hall–Kier alpha value is -7.48. The highest BCUT2D eigenvalue weighted by Crippen LogP contribution is 2.38. The molecule has 4 aromatic carbocycles. The summed E-state index contributed by atoms with van der Waals surface area (Å²) in [5.74, 6) is 6.09. The summed E-state index contributed by atoms with van der Waals surface area (Å²) in [6.45, 7) is 9.72. The van der Waals surface area contributed by atoms with Crippen LogP contribution in [0.5, 0.6) is 34.5 Å². The number of hydrogen-bond acceptors (Lipinski definition) is 12. The normalized spacial score (nSPS) is 11.6. The Morgan fingerprint density at radius 2 is 1.10 bits per heavy atom. The molecule has 8 aromatic rings. The number of fused-ring (bicyclic) bond motifs is 3. The zero-order valence-corrected chi connectivity index (χ0v) is 36.9. The molecule has 0 radical (unpaired) electrons. The summed E-state index contributed by atoms with van der Waals surface area (Å²) in [6.07, 6.45) is 2.08. The Labute approximate surface area is 366 Å². The fourth-order valence-corrected chi connectivity index (χ4v) is 7.80. The van der Waals surface area contributed by atoms with E-state index in [0.717, 1.165) is 104 Å². The molecular formula is C49H52N8O6. The van der Waals surface area contributed by atoms with Crippen LogP contribution >= 0.6 is 0 Å². The van der Waals surface area contributed by atoms with Gasteiger partial charge in [0.2, 0.25) is 6.79 Å². The predicted molar refractivity (Wildman–Crippen MR) is 245 cm³/mol. The molecule has 0 saturated heterocycles. The first-order valence-corrected chi connectivity index (χ1v) is 20.8. The second-order valence-corrected chi connectivity index (χ2v) is 15.2. The van der Waals surface area contributed by atoms with Crippen molar-refractivity contribution < 1.29 is 28.4 Å². The zero-order valence-electron chi connectivity index (χ0n) is 36.9. The maximum absolute atomic E-state index is 5.49. The van der Waals surface area contributed by atoms with Crippen LogP contribution in [0.25, 0.3) is 33.5 Å². The van der Waals surface area contributed by atoms with Crippen molar-refractivity contribution in [2.24, 2.45) is 0 Å². The number of nitrogens with zero attached hydrogens (tertiary/aromatic N) is 6. The molecule has 5 heterocycles. The molecular weight excluding hydrogens is 797 g/mol. The third-order valence-corrected chi connectivity index (χ3v) is 10.8. The predicted octanol–water partition coefficient (Wildman–Crippen LogP) is 9.45. The summed E-state index contributed by atoms with van der Waals surface area (Å²) in [6, 6.07) is 32.3. The van der Waals surface area contributed by atoms with Gasteiger partial charge in [-0.25, -0.2) is 9.97 Å². The van der Waals surface area contributed by atoms with E-state index in [4.69, 9.17) is 48.6 Å². The molecule has 324 valence electrons. The third-order valence-electron chi connectivity index (χ3n) is 10.8. The minimum absolute atomic E-state index is 0.266. The molecule has 0 atom stereocenters. The van der Waals surface area contributed by atoms with Crippen LogP contribution in [0.2, 0.25) is 0 Å². The molecule has 14 heteroatoms. The molecule has 2 N–H and O–H groups in total. The third kappa shape index (κ3) is 8.96. The van der Waals surface area contributed by atoms with Crippen molar-refractivity contribution in [2.45, 2.75) is 47.1 Å². The van der Waals surface area contributed by atoms with Crippen LogP contribution in [-0.2, 0) is 13.0 Å². The summed E-state index contributed by atoms with van der Waals surface area (Å²) in [5, 5.41) is 16.6. The van der Waals surface area contributed by atoms with E-state index in [1.807, 2.05) is 110 Å². The second-order valence-electron chi connectivity index (χ2n) is 15.2. The van der Waals surface area contributed by atoms with E-state index in [9.17, 15) is 0 Å². The van der Waals surface area contributed by atoms with E-state index in [2.05, 4.69) is 34.9 Å². The van der Waals surface area contributed by atoms with E-state index in [1.165, 1.54) is 5.56 Å². The second kappa shape index (κ2) is 18.6. The van der Waals surface area contributed by atoms with Gasteiger partial charge in [-0.05, 0) is 99.2 Å². The molecule has 0 spiro atoms. The Kier molecular flexibility index (Phi) is 12.5. The van der Waals surface area contributed by atoms with Crippen molar-refractivity contribution in [3.05, 3.63) is 131 Å². The lowest BCUT2D eigenvalue weighted by Crippen LogP contribution is -2.09. The summed E-state index contributed by atoms with van der Waals surface area (Å²) < 4.78 is 36.4. The van der Waals surface area contributed by atoms with Gasteiger partial charge in [-0.3, -0.25) is 0 Å². The Balaban J connectivity index is 0.000000173. The molecule has 14 nitrogen and oxygen atoms in total. The topological polar surface area (TPSA) is 140 Å². The molecule has 1 aliphatic heterocycles. The standard InChI is InChI=1S/C25H28N4O2.C24H24N4O4/c1-17-15-23(26-14-8-11-19-9-6-5-7-10-19)29-25(27-17)24(18(2)28-29)20-12-13-21(30-3)22(16-20)31-4;1-14-9-22(25-12-16-5-7-19-21(10-16)32-13-31-19)28-24(26-14)23(15(2)27-28)17-6-8-18(29-3)20(11-17)30-4/h5-7,9-10,12-13,15-16,26H,8,11,14H2,1-4H3;5-11,25H,12-13H2,1-4H3. The van der Waals surface area contributed by atoms with Gasteiger partial charge in [-0.15, -0.1) is 0 Å². The average molecular weight is 849 g/mol. The molecule has 0 saturated carbocycles. The first-order chi connectivity index (χ1) is 30.7. The fraction of sp³-hybridized carbons (Fsp3) is 0.265. The molecule has 63 heavy (non-hydrogen) atoms. The van der Waals surface area contributed by atoms with E-state index in [1.54, 1.807) is 28.4 Å². The van der Waals surface area contributed by atoms with Crippen LogP contribution in [0.3, 0.4) is 0 Å². The number of nitrogens with one attached hydrogen (secondary N) is 2. The number of methoxy groups -OCH3 is 4. The van der Waals surface area contributed by atoms with Crippen LogP contribution in [0.15, 0.2) is 97.1 Å². The average Bonchev–Trinajstić information content (AvgIpc) is 4.01. The van der Waals surface area contributed by atoms with Crippen molar-refractivity contribution in [2.75, 3.05) is 52.4 Å².